The van der Waals surface area contributed by atoms with Crippen LogP contribution < -0.4 is 10.7 Å². The van der Waals surface area contributed by atoms with Gasteiger partial charge in [-0.25, -0.2) is 0 Å². The number of aromatic amines is 1. The van der Waals surface area contributed by atoms with Crippen molar-refractivity contribution in [1.29, 1.82) is 0 Å². The number of nitrogens with one attached hydrogen (secondary N) is 2. The van der Waals surface area contributed by atoms with Gasteiger partial charge in [-0.3, -0.25) is 9.59 Å². The number of piperazine rings is 1. The van der Waals surface area contributed by atoms with E-state index in [1.807, 2.05) is 13.8 Å². The molecule has 1 amide bonds. The van der Waals surface area contributed by atoms with Crippen LogP contribution in [0.4, 0.5) is 0 Å². The first-order chi connectivity index (χ1) is 8.02. The molecule has 2 rings (SSSR count). The molecule has 17 heavy (non-hydrogen) atoms. The number of hydrogen-bond donors (Lipinski definition) is 2. The normalized spacial score (nSPS) is 19.1. The number of hydrogen-bond acceptors (Lipinski definition) is 3. The molecular weight excluding hydrogens is 218 g/mol. The van der Waals surface area contributed by atoms with Gasteiger partial charge in [0.1, 0.15) is 5.56 Å². The van der Waals surface area contributed by atoms with E-state index in [9.17, 15) is 9.59 Å². The molecule has 1 aromatic heterocycles. The van der Waals surface area contributed by atoms with Crippen molar-refractivity contribution in [3.63, 3.8) is 0 Å². The van der Waals surface area contributed by atoms with Crippen LogP contribution in [0.15, 0.2) is 23.3 Å². The fourth-order valence-corrected chi connectivity index (χ4v) is 2.09. The lowest BCUT2D eigenvalue weighted by Gasteiger charge is -2.42. The predicted molar refractivity (Wildman–Crippen MR) is 65.0 cm³/mol. The van der Waals surface area contributed by atoms with Crippen molar-refractivity contribution in [3.05, 3.63) is 34.2 Å². The smallest absolute Gasteiger partial charge is 0.259 e. The maximum absolute atomic E-state index is 12.3. The van der Waals surface area contributed by atoms with Gasteiger partial charge in [-0.05, 0) is 13.8 Å². The Morgan fingerprint density at radius 1 is 1.47 bits per heavy atom. The Hall–Kier alpha value is -1.62. The molecule has 0 atom stereocenters. The lowest BCUT2D eigenvalue weighted by Crippen LogP contribution is -2.60. The molecule has 0 radical (unpaired) electrons. The van der Waals surface area contributed by atoms with Crippen LogP contribution in [0.5, 0.6) is 0 Å². The molecule has 0 aliphatic carbocycles. The van der Waals surface area contributed by atoms with Crippen LogP contribution in [0.1, 0.15) is 24.2 Å². The number of rotatable bonds is 1. The highest BCUT2D eigenvalue weighted by Crippen LogP contribution is 2.18. The maximum atomic E-state index is 12.3. The first kappa shape index (κ1) is 11.9. The second-order valence-corrected chi connectivity index (χ2v) is 4.87. The van der Waals surface area contributed by atoms with Gasteiger partial charge >= 0.3 is 0 Å². The number of carbonyl (C=O) groups is 1. The van der Waals surface area contributed by atoms with Gasteiger partial charge in [-0.15, -0.1) is 0 Å². The topological polar surface area (TPSA) is 65.2 Å². The number of aromatic nitrogens is 1. The fourth-order valence-electron chi connectivity index (χ4n) is 2.09. The molecule has 5 nitrogen and oxygen atoms in total. The number of H-pyrrole nitrogens is 1. The lowest BCUT2D eigenvalue weighted by molar-refractivity contribution is 0.0476. The number of carbonyl (C=O) groups excluding carboxylic acids is 1. The molecule has 1 aliphatic rings. The Bertz CT molecular complexity index is 479. The molecule has 5 heteroatoms. The van der Waals surface area contributed by atoms with Gasteiger partial charge in [0.05, 0.1) is 5.54 Å². The summed E-state index contributed by atoms with van der Waals surface area (Å²) < 4.78 is 0. The average Bonchev–Trinajstić information content (AvgIpc) is 2.28. The van der Waals surface area contributed by atoms with E-state index in [0.29, 0.717) is 6.54 Å². The summed E-state index contributed by atoms with van der Waals surface area (Å²) >= 11 is 0. The van der Waals surface area contributed by atoms with Crippen molar-refractivity contribution in [2.24, 2.45) is 0 Å². The van der Waals surface area contributed by atoms with Crippen molar-refractivity contribution in [3.8, 4) is 0 Å². The Kier molecular flexibility index (Phi) is 3.02. The summed E-state index contributed by atoms with van der Waals surface area (Å²) in [5, 5.41) is 3.25. The van der Waals surface area contributed by atoms with Crippen LogP contribution in [-0.4, -0.2) is 41.0 Å². The summed E-state index contributed by atoms with van der Waals surface area (Å²) in [5.41, 5.74) is -0.289. The van der Waals surface area contributed by atoms with Crippen molar-refractivity contribution in [1.82, 2.24) is 15.2 Å². The largest absolute Gasteiger partial charge is 0.367 e. The third-order valence-corrected chi connectivity index (χ3v) is 3.10. The first-order valence-corrected chi connectivity index (χ1v) is 5.72. The Morgan fingerprint density at radius 3 is 2.88 bits per heavy atom. The summed E-state index contributed by atoms with van der Waals surface area (Å²) in [6.45, 7) is 6.12. The molecular formula is C12H17N3O2. The van der Waals surface area contributed by atoms with Crippen molar-refractivity contribution in [2.45, 2.75) is 19.4 Å². The van der Waals surface area contributed by atoms with Crippen LogP contribution in [0, 0.1) is 0 Å². The molecule has 0 bridgehead atoms. The highest BCUT2D eigenvalue weighted by Gasteiger charge is 2.34. The van der Waals surface area contributed by atoms with Gasteiger partial charge in [0.15, 0.2) is 5.43 Å². The van der Waals surface area contributed by atoms with Crippen LogP contribution in [-0.2, 0) is 0 Å². The van der Waals surface area contributed by atoms with Crippen molar-refractivity contribution in [2.75, 3.05) is 19.6 Å². The minimum absolute atomic E-state index is 0.196. The van der Waals surface area contributed by atoms with E-state index in [1.165, 1.54) is 18.5 Å². The minimum Gasteiger partial charge on any atom is -0.367 e. The maximum Gasteiger partial charge on any atom is 0.259 e. The third-order valence-electron chi connectivity index (χ3n) is 3.10. The fraction of sp³-hybridized carbons (Fsp3) is 0.500. The molecule has 0 unspecified atom stereocenters. The molecule has 2 N–H and O–H groups in total. The quantitative estimate of drug-likeness (QED) is 0.730. The average molecular weight is 235 g/mol. The SMILES string of the molecule is CC1(C)CNCCN1C(=O)c1c[nH]ccc1=O. The predicted octanol–water partition coefficient (Wildman–Crippen LogP) is 0.199. The van der Waals surface area contributed by atoms with Gasteiger partial charge in [-0.2, -0.15) is 0 Å². The van der Waals surface area contributed by atoms with E-state index in [0.717, 1.165) is 13.1 Å². The molecule has 92 valence electrons. The summed E-state index contributed by atoms with van der Waals surface area (Å²) in [7, 11) is 0. The van der Waals surface area contributed by atoms with E-state index >= 15 is 0 Å². The zero-order valence-corrected chi connectivity index (χ0v) is 10.1. The molecule has 0 spiro atoms. The molecule has 1 aromatic rings. The van der Waals surface area contributed by atoms with E-state index in [-0.39, 0.29) is 22.4 Å². The summed E-state index contributed by atoms with van der Waals surface area (Å²) in [4.78, 5) is 28.5. The Balaban J connectivity index is 2.32. The number of amides is 1. The van der Waals surface area contributed by atoms with E-state index in [1.54, 1.807) is 4.90 Å². The number of nitrogens with zero attached hydrogens (tertiary/aromatic N) is 1. The Morgan fingerprint density at radius 2 is 2.24 bits per heavy atom. The van der Waals surface area contributed by atoms with Gasteiger partial charge in [0.25, 0.3) is 5.91 Å². The molecule has 2 heterocycles. The number of pyridine rings is 1. The van der Waals surface area contributed by atoms with Crippen LogP contribution in [0.3, 0.4) is 0 Å². The standard InChI is InChI=1S/C12H17N3O2/c1-12(2)8-14-5-6-15(12)11(17)9-7-13-4-3-10(9)16/h3-4,7,14H,5-6,8H2,1-2H3,(H,13,16). The van der Waals surface area contributed by atoms with Crippen molar-refractivity contribution < 1.29 is 4.79 Å². The summed E-state index contributed by atoms with van der Waals surface area (Å²) in [5.74, 6) is -0.196. The van der Waals surface area contributed by atoms with E-state index in [4.69, 9.17) is 0 Å². The van der Waals surface area contributed by atoms with Crippen LogP contribution in [0.2, 0.25) is 0 Å². The minimum atomic E-state index is -0.266. The van der Waals surface area contributed by atoms with Crippen LogP contribution >= 0.6 is 0 Å². The second-order valence-electron chi connectivity index (χ2n) is 4.87. The highest BCUT2D eigenvalue weighted by molar-refractivity contribution is 5.94. The molecule has 1 aliphatic heterocycles. The van der Waals surface area contributed by atoms with Gasteiger partial charge in [0, 0.05) is 38.1 Å². The van der Waals surface area contributed by atoms with Gasteiger partial charge < -0.3 is 15.2 Å². The van der Waals surface area contributed by atoms with Gasteiger partial charge in [0.2, 0.25) is 0 Å². The van der Waals surface area contributed by atoms with Crippen LogP contribution in [0.25, 0.3) is 0 Å². The highest BCUT2D eigenvalue weighted by atomic mass is 16.2. The second kappa shape index (κ2) is 4.33. The van der Waals surface area contributed by atoms with E-state index < -0.39 is 0 Å². The van der Waals surface area contributed by atoms with Crippen molar-refractivity contribution >= 4 is 5.91 Å². The first-order valence-electron chi connectivity index (χ1n) is 5.72. The monoisotopic (exact) mass is 235 g/mol. The third kappa shape index (κ3) is 2.24. The Labute approximate surface area is 99.8 Å². The summed E-state index contributed by atoms with van der Waals surface area (Å²) in [6, 6.07) is 1.38. The van der Waals surface area contributed by atoms with Gasteiger partial charge in [-0.1, -0.05) is 0 Å². The van der Waals surface area contributed by atoms with E-state index in [2.05, 4.69) is 10.3 Å². The lowest BCUT2D eigenvalue weighted by atomic mass is 9.99. The molecule has 0 saturated carbocycles. The molecule has 0 aromatic carbocycles. The molecule has 1 saturated heterocycles. The zero-order chi connectivity index (χ0) is 12.5. The summed E-state index contributed by atoms with van der Waals surface area (Å²) in [6.07, 6.45) is 3.00. The molecule has 1 fully saturated rings. The zero-order valence-electron chi connectivity index (χ0n) is 10.1.